The highest BCUT2D eigenvalue weighted by molar-refractivity contribution is 7.87. The van der Waals surface area contributed by atoms with Crippen LogP contribution in [0.5, 0.6) is 0 Å². The van der Waals surface area contributed by atoms with Gasteiger partial charge in [0.1, 0.15) is 0 Å². The fraction of sp³-hybridized carbons (Fsp3) is 1.00. The van der Waals surface area contributed by atoms with Crippen molar-refractivity contribution < 1.29 is 78.6 Å². The summed E-state index contributed by atoms with van der Waals surface area (Å²) in [5.41, 5.74) is 0. The zero-order valence-corrected chi connectivity index (χ0v) is 58.6. The second-order valence-corrected chi connectivity index (χ2v) is 36.2. The van der Waals surface area contributed by atoms with Gasteiger partial charge in [-0.05, 0) is 83.5 Å². The third-order valence-corrected chi connectivity index (χ3v) is 28.1. The zero-order valence-electron chi connectivity index (χ0n) is 55.2. The fourth-order valence-electron chi connectivity index (χ4n) is 10.7. The maximum Gasteiger partial charge on any atom is 0.426 e. The fourth-order valence-corrected chi connectivity index (χ4v) is 21.5. The molecule has 0 bridgehead atoms. The van der Waals surface area contributed by atoms with Gasteiger partial charge in [-0.25, -0.2) is 25.6 Å². The van der Waals surface area contributed by atoms with Crippen molar-refractivity contribution in [3.8, 4) is 0 Å². The molecule has 0 saturated heterocycles. The standard InChI is InChI=1S/C32H68P.C26H56P.2C3H2F6O3S/c1-5-9-13-17-18-19-20-21-22-23-24-28-32-33(29-25-14-10-6-2,30-26-15-11-7-3)31-27-16-12-8-4;1-5-9-13-14-15-16-17-18-19-20-21-22-26-27(23-10-6-2,24-11-7-3)25-12-8-4;2*4-1(2(5,6)7)3(8,9)13(10,11)12/h5-32H2,1-4H3;5-26H2,1-4H3;2*1H,(H,10,11,12)/q2*+1;;/p-2. The molecule has 0 aliphatic heterocycles. The zero-order chi connectivity index (χ0) is 66.5. The van der Waals surface area contributed by atoms with E-state index in [1.807, 2.05) is 0 Å². The van der Waals surface area contributed by atoms with Crippen LogP contribution in [0.2, 0.25) is 0 Å². The van der Waals surface area contributed by atoms with Gasteiger partial charge in [-0.15, -0.1) is 0 Å². The van der Waals surface area contributed by atoms with Gasteiger partial charge in [0.25, 0.3) is 12.3 Å². The molecule has 0 aromatic rings. The van der Waals surface area contributed by atoms with Crippen LogP contribution < -0.4 is 0 Å². The van der Waals surface area contributed by atoms with E-state index in [-0.39, 0.29) is 0 Å². The van der Waals surface area contributed by atoms with E-state index in [0.717, 1.165) is 0 Å². The molecule has 2 unspecified atom stereocenters. The maximum absolute atomic E-state index is 11.8. The molecule has 0 radical (unpaired) electrons. The maximum atomic E-state index is 11.8. The lowest BCUT2D eigenvalue weighted by Gasteiger charge is -2.28. The molecule has 0 N–H and O–H groups in total. The summed E-state index contributed by atoms with van der Waals surface area (Å²) in [5, 5.41) is -12.0. The smallest absolute Gasteiger partial charge is 0.426 e. The van der Waals surface area contributed by atoms with Gasteiger partial charge in [-0.3, -0.25) is 0 Å². The summed E-state index contributed by atoms with van der Waals surface area (Å²) in [6.45, 7) is 18.9. The third-order valence-electron chi connectivity index (χ3n) is 16.2. The molecule has 524 valence electrons. The lowest BCUT2D eigenvalue weighted by atomic mass is 10.1. The Balaban J connectivity index is -0.000000563. The van der Waals surface area contributed by atoms with Gasteiger partial charge in [0, 0.05) is 14.5 Å². The SMILES string of the molecule is CCCCCCCCCCCCCC[P+](CCCC)(CCCC)CCCC.CCCCCCCCCCCCCC[P+](CCCCCC)(CCCCCC)CCCCCC.O=S(=O)([O-])C(F)(F)C(F)C(F)(F)F.O=S(=O)([O-])C(F)(F)C(F)C(F)(F)F. The predicted molar refractivity (Wildman–Crippen MR) is 343 cm³/mol. The monoisotopic (exact) mass is 1340 g/mol. The van der Waals surface area contributed by atoms with E-state index in [1.165, 1.54) is 238 Å². The van der Waals surface area contributed by atoms with Gasteiger partial charge in [0.2, 0.25) is 0 Å². The minimum Gasteiger partial charge on any atom is -0.743 e. The van der Waals surface area contributed by atoms with E-state index in [2.05, 4.69) is 55.4 Å². The predicted octanol–water partition coefficient (Wildman–Crippen LogP) is 24.6. The molecule has 0 aliphatic carbocycles. The second kappa shape index (κ2) is 55.3. The van der Waals surface area contributed by atoms with E-state index < -0.39 is 70.0 Å². The molecule has 2 atom stereocenters. The molecule has 0 aromatic carbocycles. The Bertz CT molecular complexity index is 1600. The van der Waals surface area contributed by atoms with Crippen molar-refractivity contribution in [3.05, 3.63) is 0 Å². The average Bonchev–Trinajstić information content (AvgIpc) is 2.38. The van der Waals surface area contributed by atoms with Gasteiger partial charge in [-0.2, -0.15) is 43.9 Å². The first-order valence-electron chi connectivity index (χ1n) is 34.1. The van der Waals surface area contributed by atoms with Crippen LogP contribution in [0.1, 0.15) is 325 Å². The Morgan fingerprint density at radius 1 is 0.256 bits per heavy atom. The molecular formula is C64H126F12O6P2S2. The highest BCUT2D eigenvalue weighted by Gasteiger charge is 2.62. The molecule has 0 rings (SSSR count). The first-order valence-corrected chi connectivity index (χ1v) is 42.0. The van der Waals surface area contributed by atoms with E-state index in [9.17, 15) is 78.6 Å². The van der Waals surface area contributed by atoms with Crippen molar-refractivity contribution in [2.45, 2.75) is 360 Å². The second-order valence-electron chi connectivity index (χ2n) is 24.3. The lowest BCUT2D eigenvalue weighted by Crippen LogP contribution is -2.46. The van der Waals surface area contributed by atoms with E-state index in [4.69, 9.17) is 0 Å². The van der Waals surface area contributed by atoms with Gasteiger partial charge >= 0.3 is 22.9 Å². The van der Waals surface area contributed by atoms with Crippen molar-refractivity contribution in [2.75, 3.05) is 49.3 Å². The molecule has 0 amide bonds. The highest BCUT2D eigenvalue weighted by atomic mass is 32.2. The summed E-state index contributed by atoms with van der Waals surface area (Å²) in [5.74, 6) is 0. The third kappa shape index (κ3) is 49.5. The Kier molecular flexibility index (Phi) is 59.3. The Morgan fingerprint density at radius 3 is 0.512 bits per heavy atom. The molecule has 0 fully saturated rings. The van der Waals surface area contributed by atoms with Crippen molar-refractivity contribution in [1.82, 2.24) is 0 Å². The van der Waals surface area contributed by atoms with Crippen LogP contribution in [0.4, 0.5) is 52.7 Å². The lowest BCUT2D eigenvalue weighted by molar-refractivity contribution is -0.223. The molecule has 0 saturated carbocycles. The molecule has 0 spiro atoms. The number of hydrogen-bond acceptors (Lipinski definition) is 6. The normalized spacial score (nSPS) is 13.6. The molecule has 6 nitrogen and oxygen atoms in total. The number of hydrogen-bond donors (Lipinski definition) is 0. The van der Waals surface area contributed by atoms with Gasteiger partial charge in [0.05, 0.1) is 49.3 Å². The first-order chi connectivity index (χ1) is 40.3. The first kappa shape index (κ1) is 92.2. The van der Waals surface area contributed by atoms with Gasteiger partial charge in [-0.1, -0.05) is 242 Å². The van der Waals surface area contributed by atoms with E-state index in [0.29, 0.717) is 0 Å². The molecular weight excluding hydrogens is 1220 g/mol. The van der Waals surface area contributed by atoms with Crippen LogP contribution >= 0.6 is 14.5 Å². The van der Waals surface area contributed by atoms with Crippen molar-refractivity contribution in [2.24, 2.45) is 0 Å². The quantitative estimate of drug-likeness (QED) is 0.0259. The Hall–Kier alpha value is -0.160. The minimum atomic E-state index is -6.66. The molecule has 22 heteroatoms. The Labute approximate surface area is 520 Å². The summed E-state index contributed by atoms with van der Waals surface area (Å²) in [7, 11) is -14.6. The largest absolute Gasteiger partial charge is 0.743 e. The minimum absolute atomic E-state index is 0.626. The van der Waals surface area contributed by atoms with Crippen LogP contribution in [0.3, 0.4) is 0 Å². The van der Waals surface area contributed by atoms with Crippen LogP contribution in [0, 0.1) is 0 Å². The number of unbranched alkanes of at least 4 members (excludes halogenated alkanes) is 34. The summed E-state index contributed by atoms with van der Waals surface area (Å²) in [6.07, 6.45) is 52.8. The summed E-state index contributed by atoms with van der Waals surface area (Å²) < 4.78 is 195. The molecule has 0 aliphatic rings. The average molecular weight is 1350 g/mol. The number of halogens is 12. The van der Waals surface area contributed by atoms with Crippen LogP contribution in [0.25, 0.3) is 0 Å². The summed E-state index contributed by atoms with van der Waals surface area (Å²) in [6, 6.07) is 0. The van der Waals surface area contributed by atoms with Gasteiger partial charge < -0.3 is 9.11 Å². The van der Waals surface area contributed by atoms with Gasteiger partial charge in [0.15, 0.2) is 20.2 Å². The van der Waals surface area contributed by atoms with Crippen molar-refractivity contribution >= 4 is 34.8 Å². The highest BCUT2D eigenvalue weighted by Crippen LogP contribution is 2.62. The summed E-state index contributed by atoms with van der Waals surface area (Å²) in [4.78, 5) is 0. The van der Waals surface area contributed by atoms with Crippen LogP contribution in [-0.2, 0) is 20.2 Å². The topological polar surface area (TPSA) is 114 Å². The van der Waals surface area contributed by atoms with E-state index >= 15 is 0 Å². The Morgan fingerprint density at radius 2 is 0.384 bits per heavy atom. The molecule has 86 heavy (non-hydrogen) atoms. The van der Waals surface area contributed by atoms with E-state index in [1.54, 1.807) is 81.4 Å². The number of alkyl halides is 12. The van der Waals surface area contributed by atoms with Crippen LogP contribution in [0.15, 0.2) is 0 Å². The van der Waals surface area contributed by atoms with Crippen molar-refractivity contribution in [1.29, 1.82) is 0 Å². The molecule has 0 aromatic heterocycles. The number of rotatable bonds is 54. The van der Waals surface area contributed by atoms with Crippen molar-refractivity contribution in [3.63, 3.8) is 0 Å². The summed E-state index contributed by atoms with van der Waals surface area (Å²) >= 11 is 0. The van der Waals surface area contributed by atoms with Crippen LogP contribution in [-0.4, -0.2) is 110 Å². The molecule has 0 heterocycles.